The molecule has 4 amide bonds. The van der Waals surface area contributed by atoms with E-state index in [1.165, 1.54) is 9.58 Å². The van der Waals surface area contributed by atoms with E-state index in [1.807, 2.05) is 24.1 Å². The third-order valence-electron chi connectivity index (χ3n) is 7.28. The second-order valence-corrected chi connectivity index (χ2v) is 9.74. The molecule has 3 aromatic rings. The Bertz CT molecular complexity index is 1450. The summed E-state index contributed by atoms with van der Waals surface area (Å²) in [5, 5.41) is 10.6. The summed E-state index contributed by atoms with van der Waals surface area (Å²) in [7, 11) is 0. The van der Waals surface area contributed by atoms with Crippen molar-refractivity contribution in [2.75, 3.05) is 6.54 Å². The van der Waals surface area contributed by atoms with E-state index in [-0.39, 0.29) is 42.4 Å². The number of aryl methyl sites for hydroxylation is 1. The number of likely N-dealkylation sites (tertiary alicyclic amines) is 1. The van der Waals surface area contributed by atoms with Crippen molar-refractivity contribution in [3.8, 4) is 5.69 Å². The van der Waals surface area contributed by atoms with Crippen LogP contribution in [0.5, 0.6) is 0 Å². The first kappa shape index (κ1) is 23.0. The first-order valence-electron chi connectivity index (χ1n) is 12.3. The lowest BCUT2D eigenvalue weighted by atomic mass is 10.0. The van der Waals surface area contributed by atoms with E-state index in [1.54, 1.807) is 24.5 Å². The van der Waals surface area contributed by atoms with Crippen molar-refractivity contribution in [3.05, 3.63) is 70.8 Å². The van der Waals surface area contributed by atoms with Gasteiger partial charge >= 0.3 is 0 Å². The molecule has 5 heterocycles. The first-order chi connectivity index (χ1) is 17.9. The zero-order valence-electron chi connectivity index (χ0n) is 20.3. The Balaban J connectivity index is 1.21. The van der Waals surface area contributed by atoms with Crippen LogP contribution >= 0.6 is 0 Å². The summed E-state index contributed by atoms with van der Waals surface area (Å²) >= 11 is 0. The number of pyridine rings is 1. The van der Waals surface area contributed by atoms with Crippen molar-refractivity contribution in [2.45, 2.75) is 51.2 Å². The number of nitrogens with zero attached hydrogens (tertiary/aromatic N) is 6. The average molecular weight is 500 g/mol. The highest BCUT2D eigenvalue weighted by Gasteiger charge is 2.39. The van der Waals surface area contributed by atoms with Gasteiger partial charge in [0.15, 0.2) is 5.69 Å². The highest BCUT2D eigenvalue weighted by molar-refractivity contribution is 6.05. The molecule has 2 aromatic heterocycles. The van der Waals surface area contributed by atoms with Crippen molar-refractivity contribution in [1.29, 1.82) is 0 Å². The number of imide groups is 1. The molecule has 188 valence electrons. The summed E-state index contributed by atoms with van der Waals surface area (Å²) in [5.74, 6) is -1.19. The SMILES string of the molecule is Cc1cncc(C2CCCN2C(=O)c2cn(-c3ccc4c(c3)CN(C3CCC(=O)NC3=O)C4=O)nn2)c1. The van der Waals surface area contributed by atoms with E-state index >= 15 is 0 Å². The fourth-order valence-corrected chi connectivity index (χ4v) is 5.46. The Morgan fingerprint density at radius 1 is 1.08 bits per heavy atom. The van der Waals surface area contributed by atoms with E-state index < -0.39 is 11.9 Å². The van der Waals surface area contributed by atoms with Gasteiger partial charge in [0, 0.05) is 37.5 Å². The smallest absolute Gasteiger partial charge is 0.276 e. The number of benzene rings is 1. The highest BCUT2D eigenvalue weighted by atomic mass is 16.2. The predicted octanol–water partition coefficient (Wildman–Crippen LogP) is 1.71. The molecule has 11 heteroatoms. The number of carbonyl (C=O) groups is 4. The molecule has 6 rings (SSSR count). The third kappa shape index (κ3) is 4.05. The Hall–Kier alpha value is -4.41. The fraction of sp³-hybridized carbons (Fsp3) is 0.346. The van der Waals surface area contributed by atoms with Crippen LogP contribution in [0.15, 0.2) is 42.9 Å². The van der Waals surface area contributed by atoms with Gasteiger partial charge in [-0.1, -0.05) is 11.3 Å². The summed E-state index contributed by atoms with van der Waals surface area (Å²) in [6.45, 7) is 2.88. The van der Waals surface area contributed by atoms with E-state index in [0.29, 0.717) is 24.2 Å². The van der Waals surface area contributed by atoms with E-state index in [0.717, 1.165) is 29.5 Å². The van der Waals surface area contributed by atoms with Gasteiger partial charge in [0.1, 0.15) is 6.04 Å². The minimum absolute atomic E-state index is 0.0469. The second-order valence-electron chi connectivity index (χ2n) is 9.74. The summed E-state index contributed by atoms with van der Waals surface area (Å²) in [6.07, 6.45) is 7.49. The van der Waals surface area contributed by atoms with Crippen molar-refractivity contribution >= 4 is 23.6 Å². The number of hydrogen-bond acceptors (Lipinski definition) is 7. The van der Waals surface area contributed by atoms with Gasteiger partial charge in [-0.15, -0.1) is 5.10 Å². The molecular weight excluding hydrogens is 474 g/mol. The van der Waals surface area contributed by atoms with Gasteiger partial charge in [-0.2, -0.15) is 0 Å². The topological polar surface area (TPSA) is 130 Å². The Labute approximate surface area is 212 Å². The summed E-state index contributed by atoms with van der Waals surface area (Å²) < 4.78 is 1.52. The van der Waals surface area contributed by atoms with Crippen LogP contribution in [0.25, 0.3) is 5.69 Å². The number of nitrogens with one attached hydrogen (secondary N) is 1. The van der Waals surface area contributed by atoms with Crippen LogP contribution in [0.2, 0.25) is 0 Å². The highest BCUT2D eigenvalue weighted by Crippen LogP contribution is 2.33. The quantitative estimate of drug-likeness (QED) is 0.541. The van der Waals surface area contributed by atoms with Gasteiger partial charge in [0.25, 0.3) is 11.8 Å². The van der Waals surface area contributed by atoms with Crippen LogP contribution in [0.3, 0.4) is 0 Å². The number of carbonyl (C=O) groups excluding carboxylic acids is 4. The van der Waals surface area contributed by atoms with E-state index in [2.05, 4.69) is 26.7 Å². The van der Waals surface area contributed by atoms with Crippen molar-refractivity contribution in [1.82, 2.24) is 35.1 Å². The summed E-state index contributed by atoms with van der Waals surface area (Å²) in [4.78, 5) is 57.7. The molecule has 0 saturated carbocycles. The molecule has 11 nitrogen and oxygen atoms in total. The van der Waals surface area contributed by atoms with Gasteiger partial charge in [-0.3, -0.25) is 29.5 Å². The molecular formula is C26H25N7O4. The standard InChI is InChI=1S/C26H25N7O4/c1-15-9-16(12-27-11-15)21-3-2-8-31(21)26(37)20-14-33(30-29-20)18-4-5-19-17(10-18)13-32(25(19)36)22-6-7-23(34)28-24(22)35/h4-5,9-12,14,21-22H,2-3,6-8,13H2,1H3,(H,28,34,35). The van der Waals surface area contributed by atoms with Crippen LogP contribution in [-0.2, 0) is 16.1 Å². The minimum atomic E-state index is -0.673. The van der Waals surface area contributed by atoms with Gasteiger partial charge in [-0.25, -0.2) is 4.68 Å². The van der Waals surface area contributed by atoms with Crippen LogP contribution < -0.4 is 5.32 Å². The van der Waals surface area contributed by atoms with Crippen LogP contribution in [-0.4, -0.2) is 66.0 Å². The van der Waals surface area contributed by atoms with Gasteiger partial charge < -0.3 is 9.80 Å². The monoisotopic (exact) mass is 499 g/mol. The molecule has 37 heavy (non-hydrogen) atoms. The number of piperidine rings is 1. The second kappa shape index (κ2) is 8.91. The zero-order valence-corrected chi connectivity index (χ0v) is 20.3. The molecule has 0 radical (unpaired) electrons. The molecule has 0 spiro atoms. The lowest BCUT2D eigenvalue weighted by Crippen LogP contribution is -2.52. The maximum atomic E-state index is 13.3. The molecule has 1 N–H and O–H groups in total. The Morgan fingerprint density at radius 2 is 1.95 bits per heavy atom. The van der Waals surface area contributed by atoms with Gasteiger partial charge in [0.2, 0.25) is 11.8 Å². The van der Waals surface area contributed by atoms with Crippen LogP contribution in [0.4, 0.5) is 0 Å². The molecule has 2 unspecified atom stereocenters. The summed E-state index contributed by atoms with van der Waals surface area (Å²) in [6, 6.07) is 6.60. The van der Waals surface area contributed by atoms with E-state index in [4.69, 9.17) is 0 Å². The van der Waals surface area contributed by atoms with Crippen LogP contribution in [0.1, 0.15) is 69.3 Å². The lowest BCUT2D eigenvalue weighted by molar-refractivity contribution is -0.136. The number of fused-ring (bicyclic) bond motifs is 1. The Kier molecular flexibility index (Phi) is 5.54. The van der Waals surface area contributed by atoms with Crippen molar-refractivity contribution in [2.24, 2.45) is 0 Å². The third-order valence-corrected chi connectivity index (χ3v) is 7.28. The van der Waals surface area contributed by atoms with Gasteiger partial charge in [-0.05, 0) is 61.1 Å². The molecule has 3 aliphatic rings. The maximum absolute atomic E-state index is 13.3. The Morgan fingerprint density at radius 3 is 2.76 bits per heavy atom. The van der Waals surface area contributed by atoms with Gasteiger partial charge in [0.05, 0.1) is 17.9 Å². The minimum Gasteiger partial charge on any atom is -0.330 e. The van der Waals surface area contributed by atoms with Crippen molar-refractivity contribution in [3.63, 3.8) is 0 Å². The number of rotatable bonds is 4. The lowest BCUT2D eigenvalue weighted by Gasteiger charge is -2.29. The molecule has 0 bridgehead atoms. The first-order valence-corrected chi connectivity index (χ1v) is 12.3. The fourth-order valence-electron chi connectivity index (χ4n) is 5.46. The average Bonchev–Trinajstić information content (AvgIpc) is 3.63. The molecule has 2 fully saturated rings. The predicted molar refractivity (Wildman–Crippen MR) is 129 cm³/mol. The van der Waals surface area contributed by atoms with E-state index in [9.17, 15) is 19.2 Å². The normalized spacial score (nSPS) is 21.4. The summed E-state index contributed by atoms with van der Waals surface area (Å²) in [5.41, 5.74) is 4.23. The molecule has 2 atom stereocenters. The largest absolute Gasteiger partial charge is 0.330 e. The number of amides is 4. The number of hydrogen-bond donors (Lipinski definition) is 1. The molecule has 2 saturated heterocycles. The maximum Gasteiger partial charge on any atom is 0.276 e. The molecule has 0 aliphatic carbocycles. The van der Waals surface area contributed by atoms with Crippen LogP contribution in [0, 0.1) is 6.92 Å². The number of aromatic nitrogens is 4. The van der Waals surface area contributed by atoms with Crippen molar-refractivity contribution < 1.29 is 19.2 Å². The molecule has 3 aliphatic heterocycles. The molecule has 1 aromatic carbocycles. The zero-order chi connectivity index (χ0) is 25.7.